The van der Waals surface area contributed by atoms with Crippen LogP contribution in [-0.2, 0) is 6.54 Å². The molecule has 1 aliphatic rings. The van der Waals surface area contributed by atoms with Crippen LogP contribution in [0.3, 0.4) is 0 Å². The Balaban J connectivity index is 2.07. The average molecular weight is 235 g/mol. The van der Waals surface area contributed by atoms with Crippen LogP contribution in [0.4, 0.5) is 0 Å². The number of rotatable bonds is 3. The van der Waals surface area contributed by atoms with E-state index in [1.54, 1.807) is 0 Å². The van der Waals surface area contributed by atoms with E-state index < -0.39 is 0 Å². The summed E-state index contributed by atoms with van der Waals surface area (Å²) < 4.78 is 5.70. The van der Waals surface area contributed by atoms with Gasteiger partial charge in [-0.05, 0) is 6.07 Å². The molecule has 0 saturated heterocycles. The molecule has 0 spiro atoms. The van der Waals surface area contributed by atoms with Crippen molar-refractivity contribution in [3.63, 3.8) is 0 Å². The van der Waals surface area contributed by atoms with Gasteiger partial charge >= 0.3 is 0 Å². The third-order valence-electron chi connectivity index (χ3n) is 2.70. The fourth-order valence-electron chi connectivity index (χ4n) is 1.88. The summed E-state index contributed by atoms with van der Waals surface area (Å²) >= 11 is 4.24. The van der Waals surface area contributed by atoms with Crippen molar-refractivity contribution in [1.82, 2.24) is 4.90 Å². The molecule has 0 bridgehead atoms. The average Bonchev–Trinajstić information content (AvgIpc) is 2.50. The van der Waals surface area contributed by atoms with E-state index in [2.05, 4.69) is 36.2 Å². The summed E-state index contributed by atoms with van der Waals surface area (Å²) in [5, 5.41) is 0. The van der Waals surface area contributed by atoms with Crippen LogP contribution in [0.5, 0.6) is 5.75 Å². The molecule has 0 fully saturated rings. The summed E-state index contributed by atoms with van der Waals surface area (Å²) in [4.78, 5) is 2.35. The van der Waals surface area contributed by atoms with Crippen molar-refractivity contribution >= 4 is 12.6 Å². The minimum Gasteiger partial charge on any atom is -0.492 e. The number of benzene rings is 1. The first-order valence-electron chi connectivity index (χ1n) is 5.50. The minimum atomic E-state index is 0.747. The lowest BCUT2D eigenvalue weighted by Crippen LogP contribution is -2.28. The van der Waals surface area contributed by atoms with Gasteiger partial charge in [-0.25, -0.2) is 0 Å². The van der Waals surface area contributed by atoms with Crippen LogP contribution in [0.25, 0.3) is 0 Å². The zero-order chi connectivity index (χ0) is 11.4. The van der Waals surface area contributed by atoms with Gasteiger partial charge in [0.2, 0.25) is 0 Å². The molecule has 0 unspecified atom stereocenters. The van der Waals surface area contributed by atoms with Crippen molar-refractivity contribution < 1.29 is 4.74 Å². The Morgan fingerprint density at radius 2 is 2.25 bits per heavy atom. The Kier molecular flexibility index (Phi) is 3.91. The Hall–Kier alpha value is -0.930. The van der Waals surface area contributed by atoms with Gasteiger partial charge in [-0.15, -0.1) is 0 Å². The number of para-hydroxylation sites is 1. The van der Waals surface area contributed by atoms with Crippen LogP contribution in [0.15, 0.2) is 36.4 Å². The molecule has 0 N–H and O–H groups in total. The first-order valence-corrected chi connectivity index (χ1v) is 6.13. The van der Waals surface area contributed by atoms with Crippen molar-refractivity contribution in [3.05, 3.63) is 42.0 Å². The molecular formula is C13H17NOS. The second-order valence-electron chi connectivity index (χ2n) is 4.07. The summed E-state index contributed by atoms with van der Waals surface area (Å²) in [5.74, 6) is 1.76. The zero-order valence-electron chi connectivity index (χ0n) is 9.35. The number of fused-ring (bicyclic) bond motifs is 1. The largest absolute Gasteiger partial charge is 0.492 e. The van der Waals surface area contributed by atoms with Gasteiger partial charge in [0.1, 0.15) is 12.4 Å². The van der Waals surface area contributed by atoms with Gasteiger partial charge in [0.25, 0.3) is 0 Å². The number of thiol groups is 1. The Labute approximate surface area is 102 Å². The molecule has 1 aliphatic heterocycles. The van der Waals surface area contributed by atoms with Gasteiger partial charge in [0, 0.05) is 31.0 Å². The van der Waals surface area contributed by atoms with E-state index in [9.17, 15) is 0 Å². The monoisotopic (exact) mass is 235 g/mol. The molecule has 1 heterocycles. The molecule has 0 radical (unpaired) electrons. The smallest absolute Gasteiger partial charge is 0.123 e. The minimum absolute atomic E-state index is 0.747. The topological polar surface area (TPSA) is 12.5 Å². The van der Waals surface area contributed by atoms with E-state index in [-0.39, 0.29) is 0 Å². The summed E-state index contributed by atoms with van der Waals surface area (Å²) in [6.07, 6.45) is 0. The Morgan fingerprint density at radius 1 is 1.44 bits per heavy atom. The quantitative estimate of drug-likeness (QED) is 0.638. The molecule has 0 aliphatic carbocycles. The maximum atomic E-state index is 5.70. The van der Waals surface area contributed by atoms with E-state index in [0.717, 1.165) is 43.3 Å². The molecule has 0 saturated carbocycles. The highest BCUT2D eigenvalue weighted by Gasteiger charge is 2.14. The van der Waals surface area contributed by atoms with Crippen molar-refractivity contribution in [2.45, 2.75) is 6.54 Å². The highest BCUT2D eigenvalue weighted by Crippen LogP contribution is 2.22. The van der Waals surface area contributed by atoms with Crippen LogP contribution in [0.1, 0.15) is 5.56 Å². The van der Waals surface area contributed by atoms with Crippen molar-refractivity contribution in [2.75, 3.05) is 25.4 Å². The number of nitrogens with zero attached hydrogens (tertiary/aromatic N) is 1. The third-order valence-corrected chi connectivity index (χ3v) is 3.15. The number of hydrogen-bond donors (Lipinski definition) is 1. The second kappa shape index (κ2) is 5.41. The van der Waals surface area contributed by atoms with E-state index in [0.29, 0.717) is 0 Å². The molecule has 86 valence electrons. The molecule has 16 heavy (non-hydrogen) atoms. The summed E-state index contributed by atoms with van der Waals surface area (Å²) in [7, 11) is 0. The Bertz CT molecular complexity index is 378. The van der Waals surface area contributed by atoms with Crippen LogP contribution in [0.2, 0.25) is 0 Å². The lowest BCUT2D eigenvalue weighted by Gasteiger charge is -2.19. The first-order chi connectivity index (χ1) is 7.79. The normalized spacial score (nSPS) is 16.1. The highest BCUT2D eigenvalue weighted by atomic mass is 32.1. The third kappa shape index (κ3) is 2.80. The van der Waals surface area contributed by atoms with E-state index in [1.807, 2.05) is 12.1 Å². The standard InChI is InChI=1S/C13H17NOS/c1-11(10-16)8-14-6-7-15-13-5-3-2-4-12(13)9-14/h2-5,16H,1,6-10H2. The molecule has 3 heteroatoms. The summed E-state index contributed by atoms with van der Waals surface area (Å²) in [6.45, 7) is 7.53. The van der Waals surface area contributed by atoms with Crippen LogP contribution >= 0.6 is 12.6 Å². The van der Waals surface area contributed by atoms with Crippen LogP contribution in [0, 0.1) is 0 Å². The molecular weight excluding hydrogens is 218 g/mol. The fourth-order valence-corrected chi connectivity index (χ4v) is 1.98. The lowest BCUT2D eigenvalue weighted by atomic mass is 10.2. The molecule has 0 atom stereocenters. The van der Waals surface area contributed by atoms with E-state index in [1.165, 1.54) is 5.56 Å². The SMILES string of the molecule is C=C(CS)CN1CCOc2ccccc2C1. The molecule has 1 aromatic rings. The first kappa shape index (κ1) is 11.6. The van der Waals surface area contributed by atoms with Gasteiger partial charge < -0.3 is 4.74 Å². The fraction of sp³-hybridized carbons (Fsp3) is 0.385. The molecule has 2 nitrogen and oxygen atoms in total. The number of hydrogen-bond acceptors (Lipinski definition) is 3. The van der Waals surface area contributed by atoms with E-state index in [4.69, 9.17) is 4.74 Å². The van der Waals surface area contributed by atoms with Gasteiger partial charge in [0.15, 0.2) is 0 Å². The highest BCUT2D eigenvalue weighted by molar-refractivity contribution is 7.80. The molecule has 0 aromatic heterocycles. The van der Waals surface area contributed by atoms with Gasteiger partial charge in [-0.2, -0.15) is 12.6 Å². The molecule has 2 rings (SSSR count). The molecule has 0 amide bonds. The maximum Gasteiger partial charge on any atom is 0.123 e. The van der Waals surface area contributed by atoms with Gasteiger partial charge in [-0.1, -0.05) is 30.4 Å². The van der Waals surface area contributed by atoms with Gasteiger partial charge in [0.05, 0.1) is 0 Å². The molecule has 1 aromatic carbocycles. The maximum absolute atomic E-state index is 5.70. The van der Waals surface area contributed by atoms with Crippen molar-refractivity contribution in [2.24, 2.45) is 0 Å². The van der Waals surface area contributed by atoms with Crippen LogP contribution in [-0.4, -0.2) is 30.3 Å². The summed E-state index contributed by atoms with van der Waals surface area (Å²) in [6, 6.07) is 8.23. The van der Waals surface area contributed by atoms with Crippen LogP contribution < -0.4 is 4.74 Å². The zero-order valence-corrected chi connectivity index (χ0v) is 10.2. The summed E-state index contributed by atoms with van der Waals surface area (Å²) in [5.41, 5.74) is 2.41. The Morgan fingerprint density at radius 3 is 3.06 bits per heavy atom. The predicted octanol–water partition coefficient (Wildman–Crippen LogP) is 2.37. The van der Waals surface area contributed by atoms with E-state index >= 15 is 0 Å². The van der Waals surface area contributed by atoms with Crippen molar-refractivity contribution in [1.29, 1.82) is 0 Å². The van der Waals surface area contributed by atoms with Crippen molar-refractivity contribution in [3.8, 4) is 5.75 Å². The second-order valence-corrected chi connectivity index (χ2v) is 4.39. The number of ether oxygens (including phenoxy) is 1. The van der Waals surface area contributed by atoms with Gasteiger partial charge in [-0.3, -0.25) is 4.90 Å². The predicted molar refractivity (Wildman–Crippen MR) is 70.2 cm³/mol. The lowest BCUT2D eigenvalue weighted by molar-refractivity contribution is 0.239.